The maximum atomic E-state index is 14.0. The fourth-order valence-corrected chi connectivity index (χ4v) is 6.54. The zero-order chi connectivity index (χ0) is 29.0. The lowest BCUT2D eigenvalue weighted by atomic mass is 9.59. The second kappa shape index (κ2) is 9.94. The minimum absolute atomic E-state index is 0.0927. The second-order valence-corrected chi connectivity index (χ2v) is 12.5. The average Bonchev–Trinajstić information content (AvgIpc) is 3.31. The zero-order valence-corrected chi connectivity index (χ0v) is 24.0. The van der Waals surface area contributed by atoms with Crippen molar-refractivity contribution in [1.29, 1.82) is 0 Å². The van der Waals surface area contributed by atoms with Crippen molar-refractivity contribution in [2.45, 2.75) is 84.4 Å². The molecule has 1 saturated heterocycles. The molecule has 0 N–H and O–H groups in total. The predicted octanol–water partition coefficient (Wildman–Crippen LogP) is 6.98. The first-order chi connectivity index (χ1) is 18.7. The van der Waals surface area contributed by atoms with Gasteiger partial charge >= 0.3 is 12.1 Å². The first kappa shape index (κ1) is 28.2. The molecule has 5 rings (SSSR count). The van der Waals surface area contributed by atoms with E-state index in [-0.39, 0.29) is 24.6 Å². The maximum Gasteiger partial charge on any atom is 0.418 e. The van der Waals surface area contributed by atoms with Gasteiger partial charge in [-0.15, -0.1) is 0 Å². The number of ether oxygens (including phenoxy) is 2. The first-order valence-corrected chi connectivity index (χ1v) is 13.7. The lowest BCUT2D eigenvalue weighted by molar-refractivity contribution is -0.186. The number of piperidine rings is 1. The zero-order valence-electron chi connectivity index (χ0n) is 24.0. The number of hydrogen-bond acceptors (Lipinski definition) is 6. The van der Waals surface area contributed by atoms with Crippen molar-refractivity contribution in [3.8, 4) is 0 Å². The molecule has 214 valence electrons. The van der Waals surface area contributed by atoms with Crippen LogP contribution >= 0.6 is 0 Å². The molecule has 2 fully saturated rings. The van der Waals surface area contributed by atoms with E-state index in [0.717, 1.165) is 33.2 Å². The maximum absolute atomic E-state index is 14.0. The van der Waals surface area contributed by atoms with Gasteiger partial charge in [0.2, 0.25) is 5.92 Å². The number of aromatic nitrogens is 2. The van der Waals surface area contributed by atoms with Gasteiger partial charge in [0.15, 0.2) is 0 Å². The van der Waals surface area contributed by atoms with Crippen molar-refractivity contribution in [2.75, 3.05) is 13.7 Å². The summed E-state index contributed by atoms with van der Waals surface area (Å²) in [6.07, 6.45) is 4.09. The van der Waals surface area contributed by atoms with E-state index in [1.807, 2.05) is 39.8 Å². The standard InChI is InChI=1S/C31H37F2N3O4/c1-19-13-20(2)26-22(9-11-36(26)28(38)40-29(3,4)5)23(19)16-35-12-10-30(17-31(32,33)18-30)14-25(35)21-7-8-24(34-15-21)27(37)39-6/h7-9,11,13,15,25H,10,12,14,16-18H2,1-6H3/t25-/m1/s1. The number of alkyl halides is 2. The van der Waals surface area contributed by atoms with Crippen LogP contribution < -0.4 is 0 Å². The molecule has 3 heterocycles. The molecule has 1 atom stereocenters. The number of carbonyl (C=O) groups is 2. The quantitative estimate of drug-likeness (QED) is 0.325. The Labute approximate surface area is 233 Å². The van der Waals surface area contributed by atoms with Crippen LogP contribution in [0.5, 0.6) is 0 Å². The molecule has 1 aliphatic carbocycles. The molecule has 1 aliphatic heterocycles. The Morgan fingerprint density at radius 3 is 2.45 bits per heavy atom. The van der Waals surface area contributed by atoms with Gasteiger partial charge in [0.05, 0.1) is 12.6 Å². The normalized spacial score (nSPS) is 20.4. The lowest BCUT2D eigenvalue weighted by Gasteiger charge is -2.54. The molecule has 0 radical (unpaired) electrons. The molecule has 0 amide bonds. The van der Waals surface area contributed by atoms with Crippen LogP contribution in [-0.2, 0) is 16.0 Å². The van der Waals surface area contributed by atoms with Crippen LogP contribution in [0.4, 0.5) is 13.6 Å². The van der Waals surface area contributed by atoms with E-state index >= 15 is 0 Å². The third kappa shape index (κ3) is 5.36. The van der Waals surface area contributed by atoms with Gasteiger partial charge < -0.3 is 9.47 Å². The number of aryl methyl sites for hydroxylation is 2. The van der Waals surface area contributed by atoms with Crippen LogP contribution in [0.25, 0.3) is 10.9 Å². The molecule has 2 aliphatic rings. The second-order valence-electron chi connectivity index (χ2n) is 12.5. The Bertz CT molecular complexity index is 1450. The van der Waals surface area contributed by atoms with Crippen LogP contribution in [0.3, 0.4) is 0 Å². The fraction of sp³-hybridized carbons (Fsp3) is 0.516. The van der Waals surface area contributed by atoms with Gasteiger partial charge in [0.25, 0.3) is 0 Å². The van der Waals surface area contributed by atoms with Crippen molar-refractivity contribution in [1.82, 2.24) is 14.5 Å². The average molecular weight is 554 g/mol. The third-order valence-electron chi connectivity index (χ3n) is 8.27. The minimum atomic E-state index is -2.61. The number of benzene rings is 1. The number of methoxy groups -OCH3 is 1. The topological polar surface area (TPSA) is 73.7 Å². The molecule has 1 aromatic carbocycles. The molecule has 9 heteroatoms. The van der Waals surface area contributed by atoms with Gasteiger partial charge in [0, 0.05) is 43.2 Å². The van der Waals surface area contributed by atoms with Crippen LogP contribution in [-0.4, -0.2) is 51.7 Å². The van der Waals surface area contributed by atoms with Gasteiger partial charge in [-0.3, -0.25) is 9.47 Å². The summed E-state index contributed by atoms with van der Waals surface area (Å²) >= 11 is 0. The Morgan fingerprint density at radius 2 is 1.85 bits per heavy atom. The number of likely N-dealkylation sites (tertiary alicyclic amines) is 1. The Morgan fingerprint density at radius 1 is 1.12 bits per heavy atom. The Kier molecular flexibility index (Phi) is 7.01. The lowest BCUT2D eigenvalue weighted by Crippen LogP contribution is -2.53. The van der Waals surface area contributed by atoms with Gasteiger partial charge in [-0.1, -0.05) is 12.1 Å². The highest BCUT2D eigenvalue weighted by molar-refractivity contribution is 5.94. The number of halogens is 2. The van der Waals surface area contributed by atoms with Gasteiger partial charge in [0.1, 0.15) is 11.3 Å². The van der Waals surface area contributed by atoms with E-state index in [9.17, 15) is 18.4 Å². The molecular formula is C31H37F2N3O4. The van der Waals surface area contributed by atoms with Crippen molar-refractivity contribution in [2.24, 2.45) is 5.41 Å². The minimum Gasteiger partial charge on any atom is -0.464 e. The largest absolute Gasteiger partial charge is 0.464 e. The predicted molar refractivity (Wildman–Crippen MR) is 148 cm³/mol. The summed E-state index contributed by atoms with van der Waals surface area (Å²) in [5.41, 5.74) is 4.03. The summed E-state index contributed by atoms with van der Waals surface area (Å²) < 4.78 is 40.1. The summed E-state index contributed by atoms with van der Waals surface area (Å²) in [6, 6.07) is 7.37. The highest BCUT2D eigenvalue weighted by Gasteiger charge is 2.58. The summed E-state index contributed by atoms with van der Waals surface area (Å²) in [6.45, 7) is 10.8. The summed E-state index contributed by atoms with van der Waals surface area (Å²) in [7, 11) is 1.31. The molecule has 1 saturated carbocycles. The third-order valence-corrected chi connectivity index (χ3v) is 8.27. The smallest absolute Gasteiger partial charge is 0.418 e. The molecular weight excluding hydrogens is 516 g/mol. The van der Waals surface area contributed by atoms with E-state index < -0.39 is 29.0 Å². The number of fused-ring (bicyclic) bond motifs is 1. The van der Waals surface area contributed by atoms with Crippen LogP contribution in [0, 0.1) is 19.3 Å². The molecule has 0 unspecified atom stereocenters. The number of hydrogen-bond donors (Lipinski definition) is 0. The Hall–Kier alpha value is -3.33. The highest BCUT2D eigenvalue weighted by Crippen LogP contribution is 2.60. The molecule has 1 spiro atoms. The Balaban J connectivity index is 1.50. The fourth-order valence-electron chi connectivity index (χ4n) is 6.54. The number of esters is 1. The van der Waals surface area contributed by atoms with E-state index in [0.29, 0.717) is 25.9 Å². The van der Waals surface area contributed by atoms with E-state index in [4.69, 9.17) is 9.47 Å². The van der Waals surface area contributed by atoms with Crippen molar-refractivity contribution < 1.29 is 27.8 Å². The molecule has 7 nitrogen and oxygen atoms in total. The summed E-state index contributed by atoms with van der Waals surface area (Å²) in [5.74, 6) is -3.13. The highest BCUT2D eigenvalue weighted by atomic mass is 19.3. The molecule has 2 aromatic heterocycles. The van der Waals surface area contributed by atoms with E-state index in [2.05, 4.69) is 22.9 Å². The molecule has 0 bridgehead atoms. The number of rotatable bonds is 4. The van der Waals surface area contributed by atoms with Gasteiger partial charge in [-0.05, 0) is 93.8 Å². The van der Waals surface area contributed by atoms with Gasteiger partial charge in [-0.2, -0.15) is 0 Å². The molecule has 40 heavy (non-hydrogen) atoms. The monoisotopic (exact) mass is 553 g/mol. The van der Waals surface area contributed by atoms with Crippen molar-refractivity contribution >= 4 is 23.0 Å². The first-order valence-electron chi connectivity index (χ1n) is 13.7. The van der Waals surface area contributed by atoms with Crippen molar-refractivity contribution in [3.05, 3.63) is 64.6 Å². The van der Waals surface area contributed by atoms with Crippen LogP contribution in [0.2, 0.25) is 0 Å². The molecule has 3 aromatic rings. The van der Waals surface area contributed by atoms with Crippen molar-refractivity contribution in [3.63, 3.8) is 0 Å². The summed E-state index contributed by atoms with van der Waals surface area (Å²) in [4.78, 5) is 31.6. The van der Waals surface area contributed by atoms with E-state index in [1.165, 1.54) is 7.11 Å². The van der Waals surface area contributed by atoms with Crippen LogP contribution in [0.15, 0.2) is 36.7 Å². The number of pyridine rings is 1. The van der Waals surface area contributed by atoms with Crippen LogP contribution in [0.1, 0.15) is 85.2 Å². The number of carbonyl (C=O) groups excluding carboxylic acids is 2. The number of nitrogens with zero attached hydrogens (tertiary/aromatic N) is 3. The summed E-state index contributed by atoms with van der Waals surface area (Å²) in [5, 5.41) is 0.969. The SMILES string of the molecule is COC(=O)c1ccc([C@H]2CC3(CCN2Cc2c(C)cc(C)c4c2ccn4C(=O)OC(C)(C)C)CC(F)(F)C3)cn1. The van der Waals surface area contributed by atoms with Gasteiger partial charge in [-0.25, -0.2) is 23.4 Å². The van der Waals surface area contributed by atoms with E-state index in [1.54, 1.807) is 23.0 Å².